The highest BCUT2D eigenvalue weighted by atomic mass is 32.2. The first-order valence-corrected chi connectivity index (χ1v) is 9.29. The zero-order valence-electron chi connectivity index (χ0n) is 13.8. The van der Waals surface area contributed by atoms with Gasteiger partial charge in [-0.1, -0.05) is 0 Å². The summed E-state index contributed by atoms with van der Waals surface area (Å²) in [6, 6.07) is 3.24. The van der Waals surface area contributed by atoms with Crippen molar-refractivity contribution in [1.29, 1.82) is 0 Å². The second kappa shape index (κ2) is 6.35. The maximum Gasteiger partial charge on any atom is 0.245 e. The number of likely N-dealkylation sites (N-methyl/N-ethyl adjacent to an activating group) is 1. The SMILES string of the molecule is CN1CC[C@@H]2OCCN(S(=O)(=O)c3ccc(N(C)C)nc3)[C@@H]2C1. The molecule has 2 saturated heterocycles. The van der Waals surface area contributed by atoms with Crippen molar-refractivity contribution in [2.24, 2.45) is 0 Å². The van der Waals surface area contributed by atoms with Crippen LogP contribution in [0, 0.1) is 0 Å². The fourth-order valence-electron chi connectivity index (χ4n) is 3.22. The molecule has 1 aromatic rings. The lowest BCUT2D eigenvalue weighted by Crippen LogP contribution is -2.60. The van der Waals surface area contributed by atoms with Crippen molar-refractivity contribution in [2.75, 3.05) is 52.3 Å². The minimum Gasteiger partial charge on any atom is -0.375 e. The number of rotatable bonds is 3. The van der Waals surface area contributed by atoms with Crippen LogP contribution in [-0.4, -0.2) is 82.1 Å². The lowest BCUT2D eigenvalue weighted by atomic mass is 10.0. The van der Waals surface area contributed by atoms with Crippen LogP contribution in [0.1, 0.15) is 6.42 Å². The molecule has 1 aromatic heterocycles. The zero-order valence-corrected chi connectivity index (χ0v) is 14.7. The van der Waals surface area contributed by atoms with Gasteiger partial charge >= 0.3 is 0 Å². The Bertz CT molecular complexity index is 647. The molecule has 0 unspecified atom stereocenters. The van der Waals surface area contributed by atoms with Crippen LogP contribution in [0.3, 0.4) is 0 Å². The van der Waals surface area contributed by atoms with Gasteiger partial charge in [0.2, 0.25) is 10.0 Å². The highest BCUT2D eigenvalue weighted by Crippen LogP contribution is 2.28. The van der Waals surface area contributed by atoms with Crippen LogP contribution in [0.25, 0.3) is 0 Å². The number of anilines is 1. The molecule has 8 heteroatoms. The second-order valence-electron chi connectivity index (χ2n) is 6.39. The molecule has 128 valence electrons. The van der Waals surface area contributed by atoms with E-state index in [1.807, 2.05) is 26.0 Å². The molecular formula is C15H24N4O3S. The van der Waals surface area contributed by atoms with Crippen LogP contribution >= 0.6 is 0 Å². The molecule has 0 N–H and O–H groups in total. The summed E-state index contributed by atoms with van der Waals surface area (Å²) in [5.74, 6) is 0.737. The normalized spacial score (nSPS) is 26.7. The quantitative estimate of drug-likeness (QED) is 0.785. The van der Waals surface area contributed by atoms with E-state index in [0.29, 0.717) is 19.7 Å². The highest BCUT2D eigenvalue weighted by molar-refractivity contribution is 7.89. The Morgan fingerprint density at radius 1 is 1.30 bits per heavy atom. The fraction of sp³-hybridized carbons (Fsp3) is 0.667. The van der Waals surface area contributed by atoms with Gasteiger partial charge in [0.15, 0.2) is 0 Å². The molecule has 7 nitrogen and oxygen atoms in total. The van der Waals surface area contributed by atoms with E-state index in [2.05, 4.69) is 9.88 Å². The average molecular weight is 340 g/mol. The third kappa shape index (κ3) is 3.21. The van der Waals surface area contributed by atoms with Crippen LogP contribution in [0.15, 0.2) is 23.2 Å². The Hall–Kier alpha value is -1.22. The molecule has 0 aliphatic carbocycles. The van der Waals surface area contributed by atoms with Gasteiger partial charge in [0.1, 0.15) is 10.7 Å². The maximum atomic E-state index is 13.0. The minimum atomic E-state index is -3.55. The van der Waals surface area contributed by atoms with Crippen LogP contribution in [0.5, 0.6) is 0 Å². The number of fused-ring (bicyclic) bond motifs is 1. The van der Waals surface area contributed by atoms with Crippen LogP contribution in [0.2, 0.25) is 0 Å². The Morgan fingerprint density at radius 3 is 2.74 bits per heavy atom. The van der Waals surface area contributed by atoms with Gasteiger partial charge in [-0.25, -0.2) is 13.4 Å². The highest BCUT2D eigenvalue weighted by Gasteiger charge is 2.42. The first-order valence-electron chi connectivity index (χ1n) is 7.85. The van der Waals surface area contributed by atoms with Gasteiger partial charge in [-0.05, 0) is 25.6 Å². The monoisotopic (exact) mass is 340 g/mol. The van der Waals surface area contributed by atoms with Gasteiger partial charge in [-0.15, -0.1) is 0 Å². The van der Waals surface area contributed by atoms with Crippen molar-refractivity contribution in [3.63, 3.8) is 0 Å². The summed E-state index contributed by atoms with van der Waals surface area (Å²) < 4.78 is 33.4. The van der Waals surface area contributed by atoms with E-state index in [4.69, 9.17) is 4.74 Å². The summed E-state index contributed by atoms with van der Waals surface area (Å²) in [7, 11) is 2.22. The summed E-state index contributed by atoms with van der Waals surface area (Å²) in [6.07, 6.45) is 2.30. The Balaban J connectivity index is 1.88. The summed E-state index contributed by atoms with van der Waals surface area (Å²) in [5, 5.41) is 0. The fourth-order valence-corrected chi connectivity index (χ4v) is 4.79. The molecule has 2 atom stereocenters. The van der Waals surface area contributed by atoms with Gasteiger partial charge in [0.05, 0.1) is 18.8 Å². The van der Waals surface area contributed by atoms with Crippen molar-refractivity contribution < 1.29 is 13.2 Å². The van der Waals surface area contributed by atoms with Gasteiger partial charge in [-0.3, -0.25) is 0 Å². The second-order valence-corrected chi connectivity index (χ2v) is 8.28. The number of nitrogens with zero attached hydrogens (tertiary/aromatic N) is 4. The lowest BCUT2D eigenvalue weighted by molar-refractivity contribution is -0.0719. The van der Waals surface area contributed by atoms with E-state index in [-0.39, 0.29) is 17.0 Å². The molecule has 0 bridgehead atoms. The molecule has 0 spiro atoms. The number of morpholine rings is 1. The first-order chi connectivity index (χ1) is 10.9. The van der Waals surface area contributed by atoms with E-state index in [1.54, 1.807) is 16.4 Å². The van der Waals surface area contributed by atoms with Gasteiger partial charge in [-0.2, -0.15) is 4.31 Å². The Kier molecular flexibility index (Phi) is 4.59. The minimum absolute atomic E-state index is 0.0104. The molecule has 0 radical (unpaired) electrons. The Labute approximate surface area is 137 Å². The molecule has 23 heavy (non-hydrogen) atoms. The summed E-state index contributed by atoms with van der Waals surface area (Å²) in [6.45, 7) is 2.49. The van der Waals surface area contributed by atoms with Gasteiger partial charge < -0.3 is 14.5 Å². The lowest BCUT2D eigenvalue weighted by Gasteiger charge is -2.45. The number of hydrogen-bond acceptors (Lipinski definition) is 6. The molecule has 0 saturated carbocycles. The number of hydrogen-bond donors (Lipinski definition) is 0. The van der Waals surface area contributed by atoms with Gasteiger partial charge in [0.25, 0.3) is 0 Å². The Morgan fingerprint density at radius 2 is 2.09 bits per heavy atom. The molecule has 0 amide bonds. The summed E-state index contributed by atoms with van der Waals surface area (Å²) >= 11 is 0. The molecule has 0 aromatic carbocycles. The van der Waals surface area contributed by atoms with Crippen molar-refractivity contribution in [3.8, 4) is 0 Å². The number of piperidine rings is 1. The van der Waals surface area contributed by atoms with Crippen LogP contribution in [-0.2, 0) is 14.8 Å². The largest absolute Gasteiger partial charge is 0.375 e. The van der Waals surface area contributed by atoms with E-state index >= 15 is 0 Å². The smallest absolute Gasteiger partial charge is 0.245 e. The molecule has 3 rings (SSSR count). The topological polar surface area (TPSA) is 66.0 Å². The number of sulfonamides is 1. The average Bonchev–Trinajstić information content (AvgIpc) is 2.54. The standard InChI is InChI=1S/C15H24N4O3S/c1-17(2)15-5-4-12(10-16-15)23(20,21)19-8-9-22-14-6-7-18(3)11-13(14)19/h4-5,10,13-14H,6-9,11H2,1-3H3/t13-,14+/m1/s1. The number of ether oxygens (including phenoxy) is 1. The van der Waals surface area contributed by atoms with E-state index in [0.717, 1.165) is 18.8 Å². The predicted molar refractivity (Wildman–Crippen MR) is 88.1 cm³/mol. The van der Waals surface area contributed by atoms with Crippen molar-refractivity contribution in [3.05, 3.63) is 18.3 Å². The first kappa shape index (κ1) is 16.6. The molecular weight excluding hydrogens is 316 g/mol. The third-order valence-electron chi connectivity index (χ3n) is 4.52. The van der Waals surface area contributed by atoms with Crippen molar-refractivity contribution in [1.82, 2.24) is 14.2 Å². The molecule has 3 heterocycles. The van der Waals surface area contributed by atoms with E-state index in [1.165, 1.54) is 6.20 Å². The number of pyridine rings is 1. The van der Waals surface area contributed by atoms with Crippen molar-refractivity contribution in [2.45, 2.75) is 23.5 Å². The molecule has 2 fully saturated rings. The third-order valence-corrected chi connectivity index (χ3v) is 6.43. The molecule has 2 aliphatic heterocycles. The predicted octanol–water partition coefficient (Wildman–Crippen LogP) is 0.241. The zero-order chi connectivity index (χ0) is 16.6. The van der Waals surface area contributed by atoms with Gasteiger partial charge in [0, 0.05) is 39.9 Å². The van der Waals surface area contributed by atoms with Crippen molar-refractivity contribution >= 4 is 15.8 Å². The van der Waals surface area contributed by atoms with E-state index < -0.39 is 10.0 Å². The molecule has 2 aliphatic rings. The van der Waals surface area contributed by atoms with Crippen LogP contribution < -0.4 is 4.90 Å². The van der Waals surface area contributed by atoms with E-state index in [9.17, 15) is 8.42 Å². The van der Waals surface area contributed by atoms with Crippen LogP contribution in [0.4, 0.5) is 5.82 Å². The number of aromatic nitrogens is 1. The summed E-state index contributed by atoms with van der Waals surface area (Å²) in [5.41, 5.74) is 0. The number of likely N-dealkylation sites (tertiary alicyclic amines) is 1. The summed E-state index contributed by atoms with van der Waals surface area (Å²) in [4.78, 5) is 8.49. The maximum absolute atomic E-state index is 13.0.